The van der Waals surface area contributed by atoms with Crippen LogP contribution in [-0.4, -0.2) is 16.0 Å². The van der Waals surface area contributed by atoms with E-state index in [1.807, 2.05) is 6.20 Å². The molecule has 0 saturated heterocycles. The molecule has 2 aromatic rings. The van der Waals surface area contributed by atoms with E-state index in [4.69, 9.17) is 0 Å². The van der Waals surface area contributed by atoms with E-state index >= 15 is 0 Å². The highest BCUT2D eigenvalue weighted by molar-refractivity contribution is 5.64. The fraction of sp³-hybridized carbons (Fsp3) is 0.471. The van der Waals surface area contributed by atoms with Crippen molar-refractivity contribution in [3.05, 3.63) is 40.8 Å². The summed E-state index contributed by atoms with van der Waals surface area (Å²) in [5.41, 5.74) is 6.30. The first-order valence-corrected chi connectivity index (χ1v) is 7.36. The molecule has 20 heavy (non-hydrogen) atoms. The van der Waals surface area contributed by atoms with Crippen molar-refractivity contribution in [3.63, 3.8) is 0 Å². The zero-order valence-electron chi connectivity index (χ0n) is 13.2. The van der Waals surface area contributed by atoms with Gasteiger partial charge in [0.05, 0.1) is 18.4 Å². The molecule has 0 amide bonds. The number of rotatable bonds is 5. The fourth-order valence-corrected chi connectivity index (χ4v) is 2.26. The molecule has 3 nitrogen and oxygen atoms in total. The van der Waals surface area contributed by atoms with Crippen LogP contribution in [0.2, 0.25) is 0 Å². The normalized spacial score (nSPS) is 12.7. The van der Waals surface area contributed by atoms with Crippen LogP contribution in [0.5, 0.6) is 0 Å². The Kier molecular flexibility index (Phi) is 4.61. The van der Waals surface area contributed by atoms with Crippen molar-refractivity contribution < 1.29 is 0 Å². The second-order valence-corrected chi connectivity index (χ2v) is 5.69. The van der Waals surface area contributed by atoms with Gasteiger partial charge in [-0.25, -0.2) is 4.98 Å². The van der Waals surface area contributed by atoms with Crippen molar-refractivity contribution in [2.24, 2.45) is 0 Å². The van der Waals surface area contributed by atoms with Gasteiger partial charge in [0, 0.05) is 11.6 Å². The zero-order valence-corrected chi connectivity index (χ0v) is 13.2. The summed E-state index contributed by atoms with van der Waals surface area (Å²) in [7, 11) is 0. The number of aryl methyl sites for hydroxylation is 3. The Bertz CT molecular complexity index is 584. The molecule has 0 bridgehead atoms. The predicted molar refractivity (Wildman–Crippen MR) is 84.8 cm³/mol. The number of aromatic nitrogens is 2. The molecule has 0 radical (unpaired) electrons. The standard InChI is InChI=1S/C17H25N3/c1-6-14(5)18-10-17-19-9-16(20-17)15-8-12(3)11(2)7-13(15)4/h7-9,14,18H,6,10H2,1-5H3,(H,19,20). The van der Waals surface area contributed by atoms with Gasteiger partial charge in [-0.2, -0.15) is 0 Å². The molecular weight excluding hydrogens is 246 g/mol. The fourth-order valence-electron chi connectivity index (χ4n) is 2.26. The average molecular weight is 271 g/mol. The first kappa shape index (κ1) is 14.8. The van der Waals surface area contributed by atoms with Crippen LogP contribution in [0.1, 0.15) is 42.8 Å². The Morgan fingerprint density at radius 2 is 1.85 bits per heavy atom. The van der Waals surface area contributed by atoms with Gasteiger partial charge in [0.1, 0.15) is 5.82 Å². The van der Waals surface area contributed by atoms with E-state index in [1.165, 1.54) is 22.3 Å². The first-order valence-electron chi connectivity index (χ1n) is 7.36. The van der Waals surface area contributed by atoms with Crippen molar-refractivity contribution >= 4 is 0 Å². The largest absolute Gasteiger partial charge is 0.341 e. The Labute approximate surface area is 121 Å². The van der Waals surface area contributed by atoms with Gasteiger partial charge in [-0.1, -0.05) is 13.0 Å². The smallest absolute Gasteiger partial charge is 0.120 e. The van der Waals surface area contributed by atoms with Crippen LogP contribution in [0.3, 0.4) is 0 Å². The number of hydrogen-bond donors (Lipinski definition) is 2. The van der Waals surface area contributed by atoms with Crippen LogP contribution >= 0.6 is 0 Å². The summed E-state index contributed by atoms with van der Waals surface area (Å²) in [6.45, 7) is 11.6. The van der Waals surface area contributed by atoms with Crippen LogP contribution in [0.15, 0.2) is 18.3 Å². The number of nitrogens with zero attached hydrogens (tertiary/aromatic N) is 1. The maximum Gasteiger partial charge on any atom is 0.120 e. The van der Waals surface area contributed by atoms with E-state index in [1.54, 1.807) is 0 Å². The van der Waals surface area contributed by atoms with Gasteiger partial charge in [-0.3, -0.25) is 0 Å². The Morgan fingerprint density at radius 1 is 1.15 bits per heavy atom. The lowest BCUT2D eigenvalue weighted by Gasteiger charge is -2.09. The number of imidazole rings is 1. The van der Waals surface area contributed by atoms with Crippen molar-refractivity contribution in [2.75, 3.05) is 0 Å². The molecule has 3 heteroatoms. The van der Waals surface area contributed by atoms with Gasteiger partial charge < -0.3 is 10.3 Å². The molecule has 108 valence electrons. The molecule has 0 spiro atoms. The number of H-pyrrole nitrogens is 1. The van der Waals surface area contributed by atoms with Gasteiger partial charge >= 0.3 is 0 Å². The second-order valence-electron chi connectivity index (χ2n) is 5.69. The maximum atomic E-state index is 4.47. The molecule has 1 aromatic carbocycles. The molecule has 0 aliphatic heterocycles. The second kappa shape index (κ2) is 6.23. The molecule has 1 atom stereocenters. The van der Waals surface area contributed by atoms with E-state index in [-0.39, 0.29) is 0 Å². The molecule has 1 aromatic heterocycles. The van der Waals surface area contributed by atoms with Gasteiger partial charge in [-0.15, -0.1) is 0 Å². The number of benzene rings is 1. The highest BCUT2D eigenvalue weighted by Crippen LogP contribution is 2.24. The van der Waals surface area contributed by atoms with Gasteiger partial charge in [0.2, 0.25) is 0 Å². The van der Waals surface area contributed by atoms with Gasteiger partial charge in [0.25, 0.3) is 0 Å². The summed E-state index contributed by atoms with van der Waals surface area (Å²) in [4.78, 5) is 7.90. The van der Waals surface area contributed by atoms with Crippen LogP contribution in [0, 0.1) is 20.8 Å². The molecular formula is C17H25N3. The van der Waals surface area contributed by atoms with E-state index in [2.05, 4.69) is 62.0 Å². The SMILES string of the molecule is CCC(C)NCc1ncc(-c2cc(C)c(C)cc2C)[nH]1. The third kappa shape index (κ3) is 3.28. The van der Waals surface area contributed by atoms with Crippen LogP contribution in [-0.2, 0) is 6.54 Å². The lowest BCUT2D eigenvalue weighted by Crippen LogP contribution is -2.24. The Morgan fingerprint density at radius 3 is 2.55 bits per heavy atom. The molecule has 0 aliphatic carbocycles. The maximum absolute atomic E-state index is 4.47. The minimum Gasteiger partial charge on any atom is -0.341 e. The summed E-state index contributed by atoms with van der Waals surface area (Å²) in [5.74, 6) is 0.998. The molecule has 2 rings (SSSR count). The van der Waals surface area contributed by atoms with Crippen molar-refractivity contribution in [1.29, 1.82) is 0 Å². The molecule has 0 fully saturated rings. The Hall–Kier alpha value is -1.61. The lowest BCUT2D eigenvalue weighted by molar-refractivity contribution is 0.525. The molecule has 1 unspecified atom stereocenters. The molecule has 0 saturated carbocycles. The summed E-state index contributed by atoms with van der Waals surface area (Å²) >= 11 is 0. The van der Waals surface area contributed by atoms with Crippen molar-refractivity contribution in [3.8, 4) is 11.3 Å². The van der Waals surface area contributed by atoms with E-state index in [0.717, 1.165) is 24.5 Å². The number of nitrogens with one attached hydrogen (secondary N) is 2. The minimum atomic E-state index is 0.520. The first-order chi connectivity index (χ1) is 9.51. The highest BCUT2D eigenvalue weighted by atomic mass is 15.0. The van der Waals surface area contributed by atoms with Crippen molar-refractivity contribution in [2.45, 2.75) is 53.6 Å². The average Bonchev–Trinajstić information content (AvgIpc) is 2.88. The van der Waals surface area contributed by atoms with E-state index < -0.39 is 0 Å². The van der Waals surface area contributed by atoms with E-state index in [0.29, 0.717) is 6.04 Å². The zero-order chi connectivity index (χ0) is 14.7. The summed E-state index contributed by atoms with van der Waals surface area (Å²) in [5, 5.41) is 3.45. The Balaban J connectivity index is 2.18. The number of hydrogen-bond acceptors (Lipinski definition) is 2. The summed E-state index contributed by atoms with van der Waals surface area (Å²) in [6, 6.07) is 5.00. The predicted octanol–water partition coefficient (Wildman–Crippen LogP) is 3.89. The molecule has 1 heterocycles. The molecule has 0 aliphatic rings. The van der Waals surface area contributed by atoms with E-state index in [9.17, 15) is 0 Å². The summed E-state index contributed by atoms with van der Waals surface area (Å²) in [6.07, 6.45) is 3.06. The quantitative estimate of drug-likeness (QED) is 0.866. The third-order valence-corrected chi connectivity index (χ3v) is 3.99. The third-order valence-electron chi connectivity index (χ3n) is 3.99. The van der Waals surface area contributed by atoms with Crippen LogP contribution in [0.4, 0.5) is 0 Å². The van der Waals surface area contributed by atoms with Crippen molar-refractivity contribution in [1.82, 2.24) is 15.3 Å². The molecule has 2 N–H and O–H groups in total. The minimum absolute atomic E-state index is 0.520. The lowest BCUT2D eigenvalue weighted by atomic mass is 9.99. The van der Waals surface area contributed by atoms with Crippen LogP contribution < -0.4 is 5.32 Å². The van der Waals surface area contributed by atoms with Gasteiger partial charge in [-0.05, 0) is 56.9 Å². The van der Waals surface area contributed by atoms with Crippen LogP contribution in [0.25, 0.3) is 11.3 Å². The number of aromatic amines is 1. The summed E-state index contributed by atoms with van der Waals surface area (Å²) < 4.78 is 0. The highest BCUT2D eigenvalue weighted by Gasteiger charge is 2.08. The monoisotopic (exact) mass is 271 g/mol. The topological polar surface area (TPSA) is 40.7 Å². The van der Waals surface area contributed by atoms with Gasteiger partial charge in [0.15, 0.2) is 0 Å².